The minimum Gasteiger partial charge on any atom is -0.448 e. The fourth-order valence-corrected chi connectivity index (χ4v) is 6.38. The smallest absolute Gasteiger partial charge is 0.251 e. The van der Waals surface area contributed by atoms with Crippen molar-refractivity contribution in [2.24, 2.45) is 0 Å². The number of ether oxygens (including phenoxy) is 6. The van der Waals surface area contributed by atoms with Crippen LogP contribution < -0.4 is 28.4 Å². The Morgan fingerprint density at radius 2 is 0.487 bits per heavy atom. The van der Waals surface area contributed by atoms with Gasteiger partial charge in [0, 0.05) is 38.5 Å². The van der Waals surface area contributed by atoms with Crippen LogP contribution >= 0.6 is 0 Å². The van der Waals surface area contributed by atoms with Crippen molar-refractivity contribution >= 4 is 32.3 Å². The lowest BCUT2D eigenvalue weighted by molar-refractivity contribution is -0.0846. The van der Waals surface area contributed by atoms with Gasteiger partial charge in [-0.15, -0.1) is 0 Å². The van der Waals surface area contributed by atoms with Crippen LogP contribution in [-0.2, 0) is 0 Å². The molecule has 3 aliphatic heterocycles. The van der Waals surface area contributed by atoms with Gasteiger partial charge in [-0.1, -0.05) is 41.5 Å². The van der Waals surface area contributed by atoms with E-state index in [-0.39, 0.29) is 0 Å². The van der Waals surface area contributed by atoms with Crippen molar-refractivity contribution < 1.29 is 28.4 Å². The first-order chi connectivity index (χ1) is 18.8. The molecule has 0 saturated carbocycles. The highest BCUT2D eigenvalue weighted by molar-refractivity contribution is 6.27. The van der Waals surface area contributed by atoms with Crippen molar-refractivity contribution in [1.82, 2.24) is 0 Å². The Morgan fingerprint density at radius 1 is 0.333 bits per heavy atom. The zero-order valence-electron chi connectivity index (χ0n) is 23.7. The van der Waals surface area contributed by atoms with Crippen LogP contribution in [0.1, 0.15) is 80.1 Å². The first-order valence-electron chi connectivity index (χ1n) is 14.5. The van der Waals surface area contributed by atoms with Gasteiger partial charge in [-0.25, -0.2) is 0 Å². The van der Waals surface area contributed by atoms with Crippen molar-refractivity contribution in [3.63, 3.8) is 0 Å². The topological polar surface area (TPSA) is 55.4 Å². The normalized spacial score (nSPS) is 18.9. The van der Waals surface area contributed by atoms with E-state index in [0.717, 1.165) is 105 Å². The van der Waals surface area contributed by atoms with Gasteiger partial charge in [-0.2, -0.15) is 0 Å². The minimum absolute atomic E-state index is 0.634. The van der Waals surface area contributed by atoms with Gasteiger partial charge in [0.2, 0.25) is 0 Å². The van der Waals surface area contributed by atoms with E-state index >= 15 is 0 Å². The first-order valence-corrected chi connectivity index (χ1v) is 14.5. The summed E-state index contributed by atoms with van der Waals surface area (Å²) in [7, 11) is 0. The zero-order chi connectivity index (χ0) is 27.2. The molecule has 0 unspecified atom stereocenters. The summed E-state index contributed by atoms with van der Waals surface area (Å²) >= 11 is 0. The summed E-state index contributed by atoms with van der Waals surface area (Å²) in [5.74, 6) is 2.75. The molecule has 0 saturated heterocycles. The molecule has 0 spiro atoms. The molecule has 6 nitrogen and oxygen atoms in total. The largest absolute Gasteiger partial charge is 0.448 e. The van der Waals surface area contributed by atoms with E-state index in [1.807, 2.05) is 0 Å². The second kappa shape index (κ2) is 8.23. The van der Waals surface area contributed by atoms with E-state index in [9.17, 15) is 0 Å². The zero-order valence-corrected chi connectivity index (χ0v) is 23.7. The molecule has 0 N–H and O–H groups in total. The molecule has 0 fully saturated rings. The van der Waals surface area contributed by atoms with Gasteiger partial charge < -0.3 is 28.4 Å². The molecule has 0 radical (unpaired) electrons. The molecule has 3 aliphatic rings. The quantitative estimate of drug-likeness (QED) is 0.233. The Hall–Kier alpha value is -3.54. The third-order valence-electron chi connectivity index (χ3n) is 9.13. The molecule has 0 bridgehead atoms. The van der Waals surface area contributed by atoms with E-state index in [2.05, 4.69) is 77.9 Å². The number of rotatable bonds is 6. The summed E-state index contributed by atoms with van der Waals surface area (Å²) in [5, 5.41) is 6.48. The average Bonchev–Trinajstić information content (AvgIpc) is 3.65. The van der Waals surface area contributed by atoms with Crippen LogP contribution in [0.5, 0.6) is 34.5 Å². The van der Waals surface area contributed by atoms with Crippen LogP contribution in [0.4, 0.5) is 0 Å². The monoisotopic (exact) mass is 528 g/mol. The highest BCUT2D eigenvalue weighted by atomic mass is 16.7. The molecule has 0 amide bonds. The van der Waals surface area contributed by atoms with Crippen molar-refractivity contribution in [2.75, 3.05) is 0 Å². The van der Waals surface area contributed by atoms with Gasteiger partial charge in [-0.3, -0.25) is 0 Å². The van der Waals surface area contributed by atoms with Crippen LogP contribution in [-0.4, -0.2) is 17.4 Å². The lowest BCUT2D eigenvalue weighted by Gasteiger charge is -2.24. The van der Waals surface area contributed by atoms with Gasteiger partial charge in [0.25, 0.3) is 17.4 Å². The predicted octanol–water partition coefficient (Wildman–Crippen LogP) is 9.01. The third-order valence-corrected chi connectivity index (χ3v) is 9.13. The van der Waals surface area contributed by atoms with Crippen LogP contribution in [0.2, 0.25) is 0 Å². The van der Waals surface area contributed by atoms with E-state index in [1.54, 1.807) is 0 Å². The van der Waals surface area contributed by atoms with Gasteiger partial charge in [0.15, 0.2) is 34.5 Å². The molecule has 0 atom stereocenters. The number of hydrogen-bond acceptors (Lipinski definition) is 6. The molecule has 3 heterocycles. The highest BCUT2D eigenvalue weighted by Crippen LogP contribution is 2.53. The third kappa shape index (κ3) is 3.33. The lowest BCUT2D eigenvalue weighted by atomic mass is 9.93. The van der Waals surface area contributed by atoms with Crippen LogP contribution in [0, 0.1) is 0 Å². The summed E-state index contributed by atoms with van der Waals surface area (Å²) < 4.78 is 38.6. The molecule has 204 valence electrons. The first kappa shape index (κ1) is 24.5. The van der Waals surface area contributed by atoms with Gasteiger partial charge in [0.1, 0.15) is 0 Å². The molecule has 4 aromatic rings. The second-order valence-corrected chi connectivity index (χ2v) is 11.0. The van der Waals surface area contributed by atoms with Crippen LogP contribution in [0.3, 0.4) is 0 Å². The van der Waals surface area contributed by atoms with E-state index in [1.165, 1.54) is 0 Å². The predicted molar refractivity (Wildman–Crippen MR) is 153 cm³/mol. The van der Waals surface area contributed by atoms with E-state index < -0.39 is 17.4 Å². The van der Waals surface area contributed by atoms with Crippen LogP contribution in [0.25, 0.3) is 32.3 Å². The maximum absolute atomic E-state index is 6.43. The SMILES string of the molecule is CCC1(CC)Oc2cc3c4cc5c(cc4c4cc6c(cc4c3cc2O1)OC(CC)(CC)O6)OC(CC)(CC)O5. The van der Waals surface area contributed by atoms with Gasteiger partial charge in [-0.05, 0) is 68.7 Å². The number of fused-ring (bicyclic) bond motifs is 9. The molecule has 0 aromatic heterocycles. The Labute approximate surface area is 229 Å². The number of benzene rings is 4. The maximum Gasteiger partial charge on any atom is 0.251 e. The Kier molecular flexibility index (Phi) is 5.17. The van der Waals surface area contributed by atoms with E-state index in [0.29, 0.717) is 0 Å². The van der Waals surface area contributed by atoms with Crippen molar-refractivity contribution in [2.45, 2.75) is 97.4 Å². The fraction of sp³-hybridized carbons (Fsp3) is 0.455. The van der Waals surface area contributed by atoms with Crippen molar-refractivity contribution in [1.29, 1.82) is 0 Å². The minimum atomic E-state index is -0.634. The Morgan fingerprint density at radius 3 is 0.615 bits per heavy atom. The summed E-state index contributed by atoms with van der Waals surface area (Å²) in [4.78, 5) is 0. The summed E-state index contributed by atoms with van der Waals surface area (Å²) in [6, 6.07) is 12.8. The molecular formula is C33H36O6. The van der Waals surface area contributed by atoms with Crippen molar-refractivity contribution in [3.8, 4) is 34.5 Å². The second-order valence-electron chi connectivity index (χ2n) is 11.0. The molecule has 6 heteroatoms. The van der Waals surface area contributed by atoms with Gasteiger partial charge >= 0.3 is 0 Å². The highest BCUT2D eigenvalue weighted by Gasteiger charge is 2.42. The number of hydrogen-bond donors (Lipinski definition) is 0. The standard InChI is InChI=1S/C33H36O6/c1-7-31(8-2)34-25-13-19-20(14-26(25)35-31)22-16-28-30(39-33(11-5,12-6)37-28)18-24(22)23-17-29-27(15-21(19)23)36-32(9-3,10-4)38-29/h13-18H,7-12H2,1-6H3. The maximum atomic E-state index is 6.43. The van der Waals surface area contributed by atoms with E-state index in [4.69, 9.17) is 28.4 Å². The summed E-state index contributed by atoms with van der Waals surface area (Å²) in [6.07, 6.45) is 4.58. The molecule has 4 aromatic carbocycles. The molecule has 7 rings (SSSR count). The Bertz CT molecular complexity index is 1310. The summed E-state index contributed by atoms with van der Waals surface area (Å²) in [5.41, 5.74) is 0. The molecular weight excluding hydrogens is 492 g/mol. The van der Waals surface area contributed by atoms with Crippen LogP contribution in [0.15, 0.2) is 36.4 Å². The average molecular weight is 529 g/mol. The summed E-state index contributed by atoms with van der Waals surface area (Å²) in [6.45, 7) is 12.6. The Balaban J connectivity index is 1.53. The van der Waals surface area contributed by atoms with Crippen molar-refractivity contribution in [3.05, 3.63) is 36.4 Å². The fourth-order valence-electron chi connectivity index (χ4n) is 6.38. The molecule has 39 heavy (non-hydrogen) atoms. The van der Waals surface area contributed by atoms with Gasteiger partial charge in [0.05, 0.1) is 0 Å². The lowest BCUT2D eigenvalue weighted by Crippen LogP contribution is -2.36. The molecule has 0 aliphatic carbocycles.